The van der Waals surface area contributed by atoms with Crippen LogP contribution < -0.4 is 0 Å². The highest BCUT2D eigenvalue weighted by Gasteiger charge is 2.31. The number of hydrogen-bond acceptors (Lipinski definition) is 5. The number of benzene rings is 1. The van der Waals surface area contributed by atoms with Crippen LogP contribution in [-0.2, 0) is 16.1 Å². The van der Waals surface area contributed by atoms with Gasteiger partial charge in [-0.15, -0.1) is 11.3 Å². The first-order valence-electron chi connectivity index (χ1n) is 11.0. The van der Waals surface area contributed by atoms with Crippen molar-refractivity contribution < 1.29 is 9.53 Å². The van der Waals surface area contributed by atoms with E-state index in [1.165, 1.54) is 4.88 Å². The van der Waals surface area contributed by atoms with Crippen molar-refractivity contribution in [2.24, 2.45) is 0 Å². The summed E-state index contributed by atoms with van der Waals surface area (Å²) in [6, 6.07) is 14.8. The predicted octanol–water partition coefficient (Wildman–Crippen LogP) is 5.25. The van der Waals surface area contributed by atoms with Crippen LogP contribution in [0.15, 0.2) is 59.2 Å². The van der Waals surface area contributed by atoms with Gasteiger partial charge in [0, 0.05) is 18.0 Å². The van der Waals surface area contributed by atoms with E-state index in [0.29, 0.717) is 5.75 Å². The number of rotatable bonds is 7. The smallest absolute Gasteiger partial charge is 0.233 e. The van der Waals surface area contributed by atoms with Gasteiger partial charge in [0.1, 0.15) is 0 Å². The van der Waals surface area contributed by atoms with Crippen molar-refractivity contribution in [3.63, 3.8) is 0 Å². The molecule has 162 valence electrons. The van der Waals surface area contributed by atoms with E-state index in [2.05, 4.69) is 39.1 Å². The van der Waals surface area contributed by atoms with E-state index < -0.39 is 0 Å². The van der Waals surface area contributed by atoms with Gasteiger partial charge in [0.2, 0.25) is 5.91 Å². The Morgan fingerprint density at radius 3 is 2.84 bits per heavy atom. The maximum Gasteiger partial charge on any atom is 0.233 e. The van der Waals surface area contributed by atoms with Crippen molar-refractivity contribution in [3.8, 4) is 11.3 Å². The largest absolute Gasteiger partial charge is 0.376 e. The minimum absolute atomic E-state index is 0.203. The van der Waals surface area contributed by atoms with Gasteiger partial charge >= 0.3 is 0 Å². The van der Waals surface area contributed by atoms with Gasteiger partial charge in [0.25, 0.3) is 0 Å². The number of thiophene rings is 1. The molecule has 2 fully saturated rings. The molecule has 1 aromatic carbocycles. The number of amides is 1. The minimum atomic E-state index is 0.203. The molecule has 7 heteroatoms. The summed E-state index contributed by atoms with van der Waals surface area (Å²) in [4.78, 5) is 21.2. The summed E-state index contributed by atoms with van der Waals surface area (Å²) < 4.78 is 8.14. The quantitative estimate of drug-likeness (QED) is 0.459. The van der Waals surface area contributed by atoms with Crippen LogP contribution in [0.1, 0.15) is 36.6 Å². The number of carbonyl (C=O) groups excluding carboxylic acids is 1. The lowest BCUT2D eigenvalue weighted by molar-refractivity contribution is -0.129. The number of ether oxygens (including phenoxy) is 1. The normalized spacial score (nSPS) is 21.1. The zero-order valence-corrected chi connectivity index (χ0v) is 19.1. The van der Waals surface area contributed by atoms with Crippen molar-refractivity contribution in [2.75, 3.05) is 18.9 Å². The monoisotopic (exact) mass is 453 g/mol. The van der Waals surface area contributed by atoms with E-state index in [0.717, 1.165) is 61.8 Å². The molecule has 2 aliphatic heterocycles. The Morgan fingerprint density at radius 2 is 2.06 bits per heavy atom. The van der Waals surface area contributed by atoms with Crippen LogP contribution in [0.2, 0.25) is 0 Å². The first-order chi connectivity index (χ1) is 15.3. The summed E-state index contributed by atoms with van der Waals surface area (Å²) in [5.74, 6) is 0.618. The number of carbonyl (C=O) groups is 1. The average molecular weight is 454 g/mol. The molecule has 2 aliphatic rings. The van der Waals surface area contributed by atoms with Crippen LogP contribution in [0.5, 0.6) is 0 Å². The predicted molar refractivity (Wildman–Crippen MR) is 125 cm³/mol. The number of thioether (sulfide) groups is 1. The molecular formula is C24H27N3O2S2. The first-order valence-corrected chi connectivity index (χ1v) is 12.8. The summed E-state index contributed by atoms with van der Waals surface area (Å²) in [6.45, 7) is 2.46. The van der Waals surface area contributed by atoms with Gasteiger partial charge in [-0.1, -0.05) is 48.2 Å². The fourth-order valence-corrected chi connectivity index (χ4v) is 6.28. The Morgan fingerprint density at radius 1 is 1.16 bits per heavy atom. The Kier molecular flexibility index (Phi) is 6.43. The third-order valence-corrected chi connectivity index (χ3v) is 8.02. The molecular weight excluding hydrogens is 426 g/mol. The molecule has 0 N–H and O–H groups in total. The fourth-order valence-electron chi connectivity index (χ4n) is 4.53. The third kappa shape index (κ3) is 4.59. The van der Waals surface area contributed by atoms with E-state index in [1.54, 1.807) is 23.1 Å². The minimum Gasteiger partial charge on any atom is -0.376 e. The molecule has 31 heavy (non-hydrogen) atoms. The molecule has 2 unspecified atom stereocenters. The van der Waals surface area contributed by atoms with Gasteiger partial charge in [-0.25, -0.2) is 4.98 Å². The van der Waals surface area contributed by atoms with Crippen LogP contribution >= 0.6 is 23.1 Å². The van der Waals surface area contributed by atoms with Gasteiger partial charge in [-0.05, 0) is 42.7 Å². The fraction of sp³-hybridized carbons (Fsp3) is 0.417. The van der Waals surface area contributed by atoms with Crippen molar-refractivity contribution in [3.05, 3.63) is 58.9 Å². The van der Waals surface area contributed by atoms with Gasteiger partial charge in [-0.3, -0.25) is 4.79 Å². The number of likely N-dealkylation sites (tertiary alicyclic amines) is 1. The highest BCUT2D eigenvalue weighted by atomic mass is 32.2. The van der Waals surface area contributed by atoms with Gasteiger partial charge < -0.3 is 14.2 Å². The van der Waals surface area contributed by atoms with E-state index in [1.807, 2.05) is 24.4 Å². The van der Waals surface area contributed by atoms with Crippen LogP contribution in [0.3, 0.4) is 0 Å². The number of imidazole rings is 1. The Hall–Kier alpha value is -2.09. The molecule has 0 bridgehead atoms. The Labute approximate surface area is 191 Å². The maximum atomic E-state index is 13.1. The Bertz CT molecular complexity index is 997. The lowest BCUT2D eigenvalue weighted by Crippen LogP contribution is -2.31. The molecule has 5 rings (SSSR count). The number of aromatic nitrogens is 2. The summed E-state index contributed by atoms with van der Waals surface area (Å²) in [5.41, 5.74) is 2.23. The topological polar surface area (TPSA) is 47.4 Å². The van der Waals surface area contributed by atoms with E-state index in [4.69, 9.17) is 9.72 Å². The van der Waals surface area contributed by atoms with E-state index >= 15 is 0 Å². The number of nitrogens with zero attached hydrogens (tertiary/aromatic N) is 3. The molecule has 0 radical (unpaired) electrons. The van der Waals surface area contributed by atoms with Crippen molar-refractivity contribution >= 4 is 29.0 Å². The molecule has 2 saturated heterocycles. The second-order valence-electron chi connectivity index (χ2n) is 8.09. The van der Waals surface area contributed by atoms with E-state index in [-0.39, 0.29) is 18.1 Å². The van der Waals surface area contributed by atoms with Gasteiger partial charge in [-0.2, -0.15) is 0 Å². The summed E-state index contributed by atoms with van der Waals surface area (Å²) >= 11 is 3.29. The number of hydrogen-bond donors (Lipinski definition) is 0. The Balaban J connectivity index is 1.32. The van der Waals surface area contributed by atoms with Gasteiger partial charge in [0.05, 0.1) is 36.3 Å². The van der Waals surface area contributed by atoms with Gasteiger partial charge in [0.15, 0.2) is 5.16 Å². The molecule has 0 saturated carbocycles. The van der Waals surface area contributed by atoms with Crippen LogP contribution in [0, 0.1) is 0 Å². The zero-order chi connectivity index (χ0) is 21.0. The molecule has 4 heterocycles. The summed E-state index contributed by atoms with van der Waals surface area (Å²) in [7, 11) is 0. The molecule has 2 atom stereocenters. The standard InChI is InChI=1S/C24H27N3O2S2/c28-23(26-12-4-10-20(26)22-11-6-14-30-22)17-31-24-25-15-21(18-7-2-1-3-8-18)27(24)16-19-9-5-13-29-19/h1-3,6-8,11,14-15,19-20H,4-5,9-10,12-13,16-17H2. The van der Waals surface area contributed by atoms with E-state index in [9.17, 15) is 4.79 Å². The SMILES string of the molecule is O=C(CSc1ncc(-c2ccccc2)n1CC1CCCO1)N1CCCC1c1cccs1. The van der Waals surface area contributed by atoms with Crippen molar-refractivity contribution in [1.82, 2.24) is 14.5 Å². The summed E-state index contributed by atoms with van der Waals surface area (Å²) in [5, 5.41) is 2.99. The van der Waals surface area contributed by atoms with Crippen LogP contribution in [0.25, 0.3) is 11.3 Å². The average Bonchev–Trinajstić information content (AvgIpc) is 3.60. The lowest BCUT2D eigenvalue weighted by Gasteiger charge is -2.24. The highest BCUT2D eigenvalue weighted by molar-refractivity contribution is 7.99. The molecule has 2 aromatic heterocycles. The molecule has 3 aromatic rings. The summed E-state index contributed by atoms with van der Waals surface area (Å²) in [6.07, 6.45) is 6.47. The zero-order valence-electron chi connectivity index (χ0n) is 17.5. The highest BCUT2D eigenvalue weighted by Crippen LogP contribution is 2.35. The first kappa shape index (κ1) is 20.8. The maximum absolute atomic E-state index is 13.1. The van der Waals surface area contributed by atoms with Crippen molar-refractivity contribution in [2.45, 2.75) is 49.5 Å². The second-order valence-corrected chi connectivity index (χ2v) is 10.0. The second kappa shape index (κ2) is 9.59. The van der Waals surface area contributed by atoms with Crippen molar-refractivity contribution in [1.29, 1.82) is 0 Å². The lowest BCUT2D eigenvalue weighted by atomic mass is 10.1. The molecule has 0 aliphatic carbocycles. The third-order valence-electron chi connectivity index (χ3n) is 6.07. The molecule has 5 nitrogen and oxygen atoms in total. The van der Waals surface area contributed by atoms with Crippen LogP contribution in [-0.4, -0.2) is 45.4 Å². The van der Waals surface area contributed by atoms with Crippen LogP contribution in [0.4, 0.5) is 0 Å². The molecule has 0 spiro atoms. The molecule has 1 amide bonds.